The monoisotopic (exact) mass is 775 g/mol. The van der Waals surface area contributed by atoms with E-state index in [1.54, 1.807) is 24.0 Å². The van der Waals surface area contributed by atoms with Crippen LogP contribution in [0.4, 0.5) is 35.1 Å². The van der Waals surface area contributed by atoms with E-state index >= 15 is 4.39 Å². The van der Waals surface area contributed by atoms with E-state index < -0.39 is 82.5 Å². The van der Waals surface area contributed by atoms with Gasteiger partial charge in [0.2, 0.25) is 5.91 Å². The van der Waals surface area contributed by atoms with Gasteiger partial charge in [-0.05, 0) is 90.3 Å². The summed E-state index contributed by atoms with van der Waals surface area (Å²) in [4.78, 5) is 41.7. The molecule has 7 rings (SSSR count). The molecule has 16 heteroatoms. The number of fused-ring (bicyclic) bond motifs is 6. The lowest BCUT2D eigenvalue weighted by molar-refractivity contribution is -0.140. The molecule has 2 aliphatic heterocycles. The molecule has 0 spiro atoms. The lowest BCUT2D eigenvalue weighted by atomic mass is 9.90. The number of hydrogen-bond donors (Lipinski definition) is 2. The van der Waals surface area contributed by atoms with Crippen molar-refractivity contribution in [2.75, 3.05) is 19.6 Å². The topological polar surface area (TPSA) is 101 Å². The third-order valence-corrected chi connectivity index (χ3v) is 10.1. The lowest BCUT2D eigenvalue weighted by Gasteiger charge is -2.34. The highest BCUT2D eigenvalue weighted by molar-refractivity contribution is 5.85. The zero-order chi connectivity index (χ0) is 39.6. The highest BCUT2D eigenvalue weighted by Crippen LogP contribution is 2.47. The number of nitrogens with zero attached hydrogens (tertiary/aromatic N) is 2. The third-order valence-electron chi connectivity index (χ3n) is 10.1. The Bertz CT molecular complexity index is 2240. The number of ether oxygens (including phenoxy) is 1. The maximum Gasteiger partial charge on any atom is 0.419 e. The summed E-state index contributed by atoms with van der Waals surface area (Å²) >= 11 is 0. The Kier molecular flexibility index (Phi) is 9.76. The van der Waals surface area contributed by atoms with E-state index in [9.17, 15) is 50.2 Å². The van der Waals surface area contributed by atoms with Crippen LogP contribution in [-0.2, 0) is 28.4 Å². The molecule has 3 aromatic carbocycles. The molecular formula is C39H33F8N3O5. The first kappa shape index (κ1) is 38.0. The number of rotatable bonds is 7. The van der Waals surface area contributed by atoms with Crippen LogP contribution in [0.15, 0.2) is 65.6 Å². The first-order valence-electron chi connectivity index (χ1n) is 17.4. The molecular weight excluding hydrogens is 742 g/mol. The molecule has 1 aliphatic carbocycles. The number of pyridine rings is 1. The number of nitrogens with one attached hydrogen (secondary N) is 1. The largest absolute Gasteiger partial charge is 0.481 e. The predicted molar refractivity (Wildman–Crippen MR) is 182 cm³/mol. The Morgan fingerprint density at radius 3 is 2.29 bits per heavy atom. The van der Waals surface area contributed by atoms with E-state index in [0.29, 0.717) is 22.3 Å². The molecule has 1 saturated heterocycles. The van der Waals surface area contributed by atoms with Crippen LogP contribution in [0.5, 0.6) is 11.5 Å². The van der Waals surface area contributed by atoms with Crippen molar-refractivity contribution in [3.63, 3.8) is 0 Å². The summed E-state index contributed by atoms with van der Waals surface area (Å²) < 4.78 is 123. The minimum Gasteiger partial charge on any atom is -0.481 e. The number of carboxylic acids is 1. The van der Waals surface area contributed by atoms with Crippen LogP contribution >= 0.6 is 0 Å². The average molecular weight is 776 g/mol. The van der Waals surface area contributed by atoms with Gasteiger partial charge in [0.25, 0.3) is 5.56 Å². The molecule has 0 radical (unpaired) electrons. The van der Waals surface area contributed by atoms with Crippen LogP contribution in [0.25, 0.3) is 11.1 Å². The van der Waals surface area contributed by atoms with Gasteiger partial charge in [0, 0.05) is 43.0 Å². The number of carboxylic acid groups (broad SMARTS) is 1. The molecule has 55 heavy (non-hydrogen) atoms. The Labute approximate surface area is 308 Å². The number of carbonyl (C=O) groups excluding carboxylic acids is 1. The zero-order valence-corrected chi connectivity index (χ0v) is 29.0. The van der Waals surface area contributed by atoms with Gasteiger partial charge in [0.15, 0.2) is 0 Å². The van der Waals surface area contributed by atoms with E-state index in [2.05, 4.69) is 5.32 Å². The SMILES string of the molecule is Cc1cc(C2CC2)cc2c1-c1cc(c(F)c(C(F)(F)F)c1)[C@@H](CC(=O)O)NC(=O)[C@H](n1cc(CCN3CC(F)C3)c(C(F)(F)F)cc1=O)c1cccc(c1)O2. The van der Waals surface area contributed by atoms with Crippen molar-refractivity contribution in [1.29, 1.82) is 0 Å². The zero-order valence-electron chi connectivity index (χ0n) is 29.0. The van der Waals surface area contributed by atoms with Crippen molar-refractivity contribution in [3.05, 3.63) is 116 Å². The van der Waals surface area contributed by atoms with Gasteiger partial charge in [0.05, 0.1) is 23.6 Å². The fourth-order valence-electron chi connectivity index (χ4n) is 7.34. The summed E-state index contributed by atoms with van der Waals surface area (Å²) in [7, 11) is 0. The second-order valence-corrected chi connectivity index (χ2v) is 14.2. The van der Waals surface area contributed by atoms with Gasteiger partial charge in [0.1, 0.15) is 29.5 Å². The number of carbonyl (C=O) groups is 2. The van der Waals surface area contributed by atoms with Gasteiger partial charge in [-0.3, -0.25) is 23.9 Å². The number of halogens is 8. The number of likely N-dealkylation sites (tertiary alicyclic amines) is 1. The van der Waals surface area contributed by atoms with E-state index in [1.807, 2.05) is 0 Å². The summed E-state index contributed by atoms with van der Waals surface area (Å²) in [5.74, 6) is -4.44. The van der Waals surface area contributed by atoms with E-state index in [-0.39, 0.29) is 60.2 Å². The molecule has 4 bridgehead atoms. The smallest absolute Gasteiger partial charge is 0.419 e. The average Bonchev–Trinajstić information content (AvgIpc) is 3.92. The predicted octanol–water partition coefficient (Wildman–Crippen LogP) is 8.10. The maximum atomic E-state index is 16.1. The number of hydrogen-bond acceptors (Lipinski definition) is 5. The van der Waals surface area contributed by atoms with E-state index in [0.717, 1.165) is 30.7 Å². The van der Waals surface area contributed by atoms with Crippen LogP contribution in [0.2, 0.25) is 0 Å². The molecule has 8 nitrogen and oxygen atoms in total. The number of aliphatic carboxylic acids is 1. The quantitative estimate of drug-likeness (QED) is 0.184. The first-order chi connectivity index (χ1) is 25.9. The minimum atomic E-state index is -5.27. The second kappa shape index (κ2) is 14.1. The Hall–Kier alpha value is -5.25. The lowest BCUT2D eigenvalue weighted by Crippen LogP contribution is -2.49. The number of amides is 1. The van der Waals surface area contributed by atoms with E-state index in [4.69, 9.17) is 4.74 Å². The van der Waals surface area contributed by atoms with Crippen molar-refractivity contribution < 1.29 is 54.6 Å². The molecule has 0 unspecified atom stereocenters. The van der Waals surface area contributed by atoms with Gasteiger partial charge in [-0.15, -0.1) is 0 Å². The molecule has 2 N–H and O–H groups in total. The normalized spacial score (nSPS) is 19.3. The molecule has 1 saturated carbocycles. The summed E-state index contributed by atoms with van der Waals surface area (Å²) in [6.07, 6.45) is -10.3. The molecule has 2 atom stereocenters. The molecule has 2 fully saturated rings. The van der Waals surface area contributed by atoms with Gasteiger partial charge in [-0.1, -0.05) is 18.2 Å². The molecule has 290 valence electrons. The van der Waals surface area contributed by atoms with Crippen LogP contribution in [0.1, 0.15) is 76.2 Å². The summed E-state index contributed by atoms with van der Waals surface area (Å²) in [6, 6.07) is 7.11. The van der Waals surface area contributed by atoms with Crippen molar-refractivity contribution in [3.8, 4) is 22.6 Å². The number of aromatic nitrogens is 1. The van der Waals surface area contributed by atoms with Gasteiger partial charge < -0.3 is 15.2 Å². The molecule has 3 heterocycles. The summed E-state index contributed by atoms with van der Waals surface area (Å²) in [6.45, 7) is 1.63. The maximum absolute atomic E-state index is 16.1. The van der Waals surface area contributed by atoms with Crippen LogP contribution in [0.3, 0.4) is 0 Å². The third kappa shape index (κ3) is 7.82. The highest BCUT2D eigenvalue weighted by atomic mass is 19.4. The summed E-state index contributed by atoms with van der Waals surface area (Å²) in [5, 5.41) is 12.2. The number of alkyl halides is 7. The molecule has 1 amide bonds. The van der Waals surface area contributed by atoms with Crippen molar-refractivity contribution >= 4 is 11.9 Å². The van der Waals surface area contributed by atoms with Crippen molar-refractivity contribution in [1.82, 2.24) is 14.8 Å². The highest BCUT2D eigenvalue weighted by Gasteiger charge is 2.40. The number of benzene rings is 3. The fourth-order valence-corrected chi connectivity index (χ4v) is 7.34. The molecule has 4 aromatic rings. The van der Waals surface area contributed by atoms with Gasteiger partial charge >= 0.3 is 18.3 Å². The summed E-state index contributed by atoms with van der Waals surface area (Å²) in [5.41, 5.74) is -4.33. The van der Waals surface area contributed by atoms with E-state index in [1.165, 1.54) is 24.3 Å². The van der Waals surface area contributed by atoms with Crippen LogP contribution in [-0.4, -0.2) is 52.3 Å². The number of aryl methyl sites for hydroxylation is 1. The van der Waals surface area contributed by atoms with Crippen LogP contribution < -0.4 is 15.6 Å². The Balaban J connectivity index is 1.46. The van der Waals surface area contributed by atoms with Crippen molar-refractivity contribution in [2.45, 2.75) is 69.1 Å². The first-order valence-corrected chi connectivity index (χ1v) is 17.4. The second-order valence-electron chi connectivity index (χ2n) is 14.2. The fraction of sp³-hybridized carbons (Fsp3) is 0.359. The van der Waals surface area contributed by atoms with Gasteiger partial charge in [-0.2, -0.15) is 26.3 Å². The van der Waals surface area contributed by atoms with Crippen LogP contribution in [0, 0.1) is 12.7 Å². The van der Waals surface area contributed by atoms with Crippen molar-refractivity contribution in [2.24, 2.45) is 0 Å². The Morgan fingerprint density at radius 2 is 1.65 bits per heavy atom. The molecule has 3 aliphatic rings. The Morgan fingerprint density at radius 1 is 0.945 bits per heavy atom. The minimum absolute atomic E-state index is 0.00238. The standard InChI is InChI=1S/C39H33F8N3O5/c1-19-9-23(20-5-6-20)13-31-34(19)24-11-27(35(41)29(12-24)39(45,46)47)30(15-33(52)53)48-37(54)36(21-3-2-4-26(10-21)55-31)50-16-22(7-8-49-17-25(40)18-49)28(14-32(50)51)38(42,43)44/h2-4,9-14,16,20,25,30,36H,5-8,15,17-18H2,1H3,(H,48,54)(H,52,53)/t30-,36-/m1/s1. The van der Waals surface area contributed by atoms with Gasteiger partial charge in [-0.25, -0.2) is 8.78 Å². The molecule has 1 aromatic heterocycles.